The van der Waals surface area contributed by atoms with Gasteiger partial charge in [0.05, 0.1) is 18.7 Å². The Bertz CT molecular complexity index is 920. The molecule has 25 heavy (non-hydrogen) atoms. The Hall–Kier alpha value is -3.27. The third kappa shape index (κ3) is 3.33. The van der Waals surface area contributed by atoms with Crippen LogP contribution < -0.4 is 4.74 Å². The van der Waals surface area contributed by atoms with Gasteiger partial charge in [0.2, 0.25) is 0 Å². The highest BCUT2D eigenvalue weighted by Crippen LogP contribution is 2.33. The molecule has 0 saturated heterocycles. The summed E-state index contributed by atoms with van der Waals surface area (Å²) < 4.78 is 45.8. The number of alkyl halides is 3. The van der Waals surface area contributed by atoms with Crippen LogP contribution in [0.5, 0.6) is 5.75 Å². The molecular formula is C18H12F3N3O. The van der Waals surface area contributed by atoms with E-state index >= 15 is 0 Å². The second-order valence-electron chi connectivity index (χ2n) is 5.20. The first kappa shape index (κ1) is 16.6. The SMILES string of the molecule is COc1ccc(-c2nc(C(F)(F)F)cn2-c2ccc(C#N)cc2)cc1. The summed E-state index contributed by atoms with van der Waals surface area (Å²) in [6.07, 6.45) is -3.61. The minimum absolute atomic E-state index is 0.152. The average Bonchev–Trinajstić information content (AvgIpc) is 3.07. The van der Waals surface area contributed by atoms with Crippen molar-refractivity contribution >= 4 is 0 Å². The third-order valence-electron chi connectivity index (χ3n) is 3.62. The number of nitrogens with zero attached hydrogens (tertiary/aromatic N) is 3. The molecule has 0 radical (unpaired) electrons. The molecule has 4 nitrogen and oxygen atoms in total. The van der Waals surface area contributed by atoms with E-state index in [1.54, 1.807) is 48.5 Å². The molecule has 3 aromatic rings. The van der Waals surface area contributed by atoms with E-state index in [1.165, 1.54) is 11.7 Å². The van der Waals surface area contributed by atoms with Crippen LogP contribution in [0.4, 0.5) is 13.2 Å². The lowest BCUT2D eigenvalue weighted by atomic mass is 10.2. The van der Waals surface area contributed by atoms with E-state index in [0.717, 1.165) is 6.20 Å². The number of imidazole rings is 1. The van der Waals surface area contributed by atoms with Crippen molar-refractivity contribution in [3.8, 4) is 28.9 Å². The zero-order chi connectivity index (χ0) is 18.0. The molecule has 0 saturated carbocycles. The van der Waals surface area contributed by atoms with E-state index in [-0.39, 0.29) is 5.82 Å². The molecule has 2 aromatic carbocycles. The summed E-state index contributed by atoms with van der Waals surface area (Å²) in [6.45, 7) is 0. The molecule has 0 fully saturated rings. The van der Waals surface area contributed by atoms with Crippen molar-refractivity contribution in [1.82, 2.24) is 9.55 Å². The van der Waals surface area contributed by atoms with Gasteiger partial charge < -0.3 is 4.74 Å². The molecule has 0 aliphatic rings. The van der Waals surface area contributed by atoms with E-state index in [0.29, 0.717) is 22.6 Å². The van der Waals surface area contributed by atoms with Gasteiger partial charge in [-0.05, 0) is 48.5 Å². The van der Waals surface area contributed by atoms with Gasteiger partial charge in [-0.25, -0.2) is 4.98 Å². The summed E-state index contributed by atoms with van der Waals surface area (Å²) in [5.74, 6) is 0.746. The third-order valence-corrected chi connectivity index (χ3v) is 3.62. The van der Waals surface area contributed by atoms with Crippen molar-refractivity contribution in [3.05, 3.63) is 66.0 Å². The minimum Gasteiger partial charge on any atom is -0.497 e. The lowest BCUT2D eigenvalue weighted by Gasteiger charge is -2.08. The number of nitriles is 1. The van der Waals surface area contributed by atoms with Crippen LogP contribution in [0.25, 0.3) is 17.1 Å². The Morgan fingerprint density at radius 2 is 1.68 bits per heavy atom. The number of halogens is 3. The highest BCUT2D eigenvalue weighted by Gasteiger charge is 2.35. The molecule has 0 N–H and O–H groups in total. The van der Waals surface area contributed by atoms with Gasteiger partial charge in [-0.1, -0.05) is 0 Å². The first-order valence-electron chi connectivity index (χ1n) is 7.24. The van der Waals surface area contributed by atoms with Gasteiger partial charge in [-0.15, -0.1) is 0 Å². The number of hydrogen-bond acceptors (Lipinski definition) is 3. The fraction of sp³-hybridized carbons (Fsp3) is 0.111. The number of ether oxygens (including phenoxy) is 1. The summed E-state index contributed by atoms with van der Waals surface area (Å²) in [5.41, 5.74) is 0.432. The van der Waals surface area contributed by atoms with Gasteiger partial charge >= 0.3 is 6.18 Å². The first-order chi connectivity index (χ1) is 11.9. The predicted octanol–water partition coefficient (Wildman–Crippen LogP) is 4.44. The Morgan fingerprint density at radius 3 is 2.20 bits per heavy atom. The number of benzene rings is 2. The maximum atomic E-state index is 13.1. The van der Waals surface area contributed by atoms with Gasteiger partial charge in [0.25, 0.3) is 0 Å². The fourth-order valence-electron chi connectivity index (χ4n) is 2.35. The number of hydrogen-bond donors (Lipinski definition) is 0. The molecule has 0 aliphatic carbocycles. The quantitative estimate of drug-likeness (QED) is 0.706. The van der Waals surface area contributed by atoms with Crippen LogP contribution in [0.2, 0.25) is 0 Å². The van der Waals surface area contributed by atoms with Crippen molar-refractivity contribution in [2.45, 2.75) is 6.18 Å². The van der Waals surface area contributed by atoms with Crippen LogP contribution in [0.3, 0.4) is 0 Å². The Morgan fingerprint density at radius 1 is 1.04 bits per heavy atom. The molecule has 1 heterocycles. The molecule has 0 bridgehead atoms. The van der Waals surface area contributed by atoms with E-state index in [2.05, 4.69) is 4.98 Å². The molecule has 0 aliphatic heterocycles. The van der Waals surface area contributed by atoms with Crippen LogP contribution in [0.1, 0.15) is 11.3 Å². The van der Waals surface area contributed by atoms with Crippen LogP contribution >= 0.6 is 0 Å². The Balaban J connectivity index is 2.14. The highest BCUT2D eigenvalue weighted by molar-refractivity contribution is 5.61. The van der Waals surface area contributed by atoms with Crippen molar-refractivity contribution in [3.63, 3.8) is 0 Å². The Labute approximate surface area is 141 Å². The van der Waals surface area contributed by atoms with Crippen molar-refractivity contribution < 1.29 is 17.9 Å². The zero-order valence-electron chi connectivity index (χ0n) is 13.1. The van der Waals surface area contributed by atoms with Crippen molar-refractivity contribution in [1.29, 1.82) is 5.26 Å². The standard InChI is InChI=1S/C18H12F3N3O/c1-25-15-8-4-13(5-9-15)17-23-16(18(19,20)21)11-24(17)14-6-2-12(10-22)3-7-14/h2-9,11H,1H3. The summed E-state index contributed by atoms with van der Waals surface area (Å²) in [6, 6.07) is 14.8. The lowest BCUT2D eigenvalue weighted by molar-refractivity contribution is -0.140. The molecule has 0 amide bonds. The zero-order valence-corrected chi connectivity index (χ0v) is 13.1. The summed E-state index contributed by atoms with van der Waals surface area (Å²) >= 11 is 0. The summed E-state index contributed by atoms with van der Waals surface area (Å²) in [5, 5.41) is 8.86. The number of rotatable bonds is 3. The molecule has 0 unspecified atom stereocenters. The van der Waals surface area contributed by atoms with Gasteiger partial charge in [0, 0.05) is 17.4 Å². The molecule has 3 rings (SSSR count). The van der Waals surface area contributed by atoms with Crippen molar-refractivity contribution in [2.75, 3.05) is 7.11 Å². The number of aromatic nitrogens is 2. The van der Waals surface area contributed by atoms with Crippen LogP contribution in [0, 0.1) is 11.3 Å². The van der Waals surface area contributed by atoms with E-state index in [9.17, 15) is 13.2 Å². The fourth-order valence-corrected chi connectivity index (χ4v) is 2.35. The molecule has 1 aromatic heterocycles. The second kappa shape index (κ2) is 6.32. The van der Waals surface area contributed by atoms with Crippen LogP contribution in [-0.2, 0) is 6.18 Å². The second-order valence-corrected chi connectivity index (χ2v) is 5.20. The maximum Gasteiger partial charge on any atom is 0.434 e. The highest BCUT2D eigenvalue weighted by atomic mass is 19.4. The molecule has 0 atom stereocenters. The largest absolute Gasteiger partial charge is 0.497 e. The summed E-state index contributed by atoms with van der Waals surface area (Å²) in [7, 11) is 1.51. The van der Waals surface area contributed by atoms with E-state index in [4.69, 9.17) is 10.00 Å². The molecular weight excluding hydrogens is 331 g/mol. The van der Waals surface area contributed by atoms with Gasteiger partial charge in [-0.3, -0.25) is 4.57 Å². The van der Waals surface area contributed by atoms with E-state index < -0.39 is 11.9 Å². The Kier molecular flexibility index (Phi) is 4.19. The predicted molar refractivity (Wildman–Crippen MR) is 85.3 cm³/mol. The van der Waals surface area contributed by atoms with E-state index in [1.807, 2.05) is 6.07 Å². The van der Waals surface area contributed by atoms with Crippen LogP contribution in [0.15, 0.2) is 54.7 Å². The van der Waals surface area contributed by atoms with Gasteiger partial charge in [-0.2, -0.15) is 18.4 Å². The molecule has 7 heteroatoms. The van der Waals surface area contributed by atoms with Crippen LogP contribution in [-0.4, -0.2) is 16.7 Å². The number of methoxy groups -OCH3 is 1. The maximum absolute atomic E-state index is 13.1. The smallest absolute Gasteiger partial charge is 0.434 e. The molecule has 0 spiro atoms. The lowest BCUT2D eigenvalue weighted by Crippen LogP contribution is -2.05. The van der Waals surface area contributed by atoms with Gasteiger partial charge in [0.15, 0.2) is 5.69 Å². The van der Waals surface area contributed by atoms with Crippen molar-refractivity contribution in [2.24, 2.45) is 0 Å². The van der Waals surface area contributed by atoms with Gasteiger partial charge in [0.1, 0.15) is 11.6 Å². The minimum atomic E-state index is -4.56. The topological polar surface area (TPSA) is 50.8 Å². The normalized spacial score (nSPS) is 11.2. The first-order valence-corrected chi connectivity index (χ1v) is 7.24. The monoisotopic (exact) mass is 343 g/mol. The molecule has 126 valence electrons. The average molecular weight is 343 g/mol. The summed E-state index contributed by atoms with van der Waals surface area (Å²) in [4.78, 5) is 3.76.